The summed E-state index contributed by atoms with van der Waals surface area (Å²) in [6.07, 6.45) is 1.36. The van der Waals surface area contributed by atoms with Crippen molar-refractivity contribution in [3.63, 3.8) is 0 Å². The van der Waals surface area contributed by atoms with E-state index in [1.165, 1.54) is 18.5 Å². The van der Waals surface area contributed by atoms with Crippen molar-refractivity contribution < 1.29 is 18.6 Å². The number of nitrogens with zero attached hydrogens (tertiary/aromatic N) is 3. The molecule has 1 fully saturated rings. The molecule has 0 spiro atoms. The highest BCUT2D eigenvalue weighted by molar-refractivity contribution is 6.42. The molecule has 0 bridgehead atoms. The zero-order valence-electron chi connectivity index (χ0n) is 17.0. The van der Waals surface area contributed by atoms with Gasteiger partial charge < -0.3 is 24.4 Å². The maximum absolute atomic E-state index is 14.5. The maximum Gasteiger partial charge on any atom is 0.166 e. The van der Waals surface area contributed by atoms with E-state index >= 15 is 0 Å². The molecule has 1 saturated heterocycles. The van der Waals surface area contributed by atoms with Gasteiger partial charge in [-0.2, -0.15) is 0 Å². The number of rotatable bonds is 6. The maximum atomic E-state index is 14.5. The first-order valence-corrected chi connectivity index (χ1v) is 10.4. The minimum absolute atomic E-state index is 0.0283. The third-order valence-electron chi connectivity index (χ3n) is 4.98. The molecule has 1 aromatic heterocycles. The van der Waals surface area contributed by atoms with Crippen LogP contribution in [0.2, 0.25) is 10.0 Å². The Morgan fingerprint density at radius 1 is 1.26 bits per heavy atom. The molecule has 0 radical (unpaired) electrons. The van der Waals surface area contributed by atoms with Crippen LogP contribution in [0, 0.1) is 5.82 Å². The lowest BCUT2D eigenvalue weighted by Gasteiger charge is -2.30. The molecule has 1 N–H and O–H groups in total. The van der Waals surface area contributed by atoms with Crippen molar-refractivity contribution in [2.24, 2.45) is 0 Å². The summed E-state index contributed by atoms with van der Waals surface area (Å²) in [5.74, 6) is 0.774. The molecule has 3 aromatic rings. The van der Waals surface area contributed by atoms with Crippen LogP contribution < -0.4 is 14.8 Å². The van der Waals surface area contributed by atoms with Crippen molar-refractivity contribution in [3.8, 4) is 11.5 Å². The second kappa shape index (κ2) is 9.40. The molecular formula is C21H21Cl2FN4O3. The average Bonchev–Trinajstić information content (AvgIpc) is 2.77. The highest BCUT2D eigenvalue weighted by atomic mass is 35.5. The summed E-state index contributed by atoms with van der Waals surface area (Å²) in [7, 11) is 3.60. The summed E-state index contributed by atoms with van der Waals surface area (Å²) in [5.41, 5.74) is 0.753. The fourth-order valence-electron chi connectivity index (χ4n) is 3.34. The summed E-state index contributed by atoms with van der Waals surface area (Å²) in [6, 6.07) is 6.51. The molecule has 1 unspecified atom stereocenters. The van der Waals surface area contributed by atoms with Crippen LogP contribution in [0.25, 0.3) is 10.9 Å². The summed E-state index contributed by atoms with van der Waals surface area (Å²) in [6.45, 7) is 2.76. The molecule has 2 heterocycles. The number of morpholine rings is 1. The van der Waals surface area contributed by atoms with Gasteiger partial charge in [0.2, 0.25) is 0 Å². The third-order valence-corrected chi connectivity index (χ3v) is 5.76. The van der Waals surface area contributed by atoms with Crippen molar-refractivity contribution in [2.75, 3.05) is 45.8 Å². The molecule has 0 aliphatic carbocycles. The van der Waals surface area contributed by atoms with Crippen LogP contribution in [0.4, 0.5) is 15.9 Å². The fourth-order valence-corrected chi connectivity index (χ4v) is 3.65. The molecule has 0 amide bonds. The predicted octanol–water partition coefficient (Wildman–Crippen LogP) is 4.54. The first-order chi connectivity index (χ1) is 15.0. The zero-order chi connectivity index (χ0) is 22.0. The van der Waals surface area contributed by atoms with Crippen LogP contribution in [0.5, 0.6) is 11.5 Å². The number of hydrogen-bond donors (Lipinski definition) is 1. The van der Waals surface area contributed by atoms with Gasteiger partial charge in [-0.05, 0) is 25.2 Å². The molecule has 1 aliphatic rings. The second-order valence-electron chi connectivity index (χ2n) is 7.16. The Morgan fingerprint density at radius 3 is 2.87 bits per heavy atom. The van der Waals surface area contributed by atoms with Gasteiger partial charge >= 0.3 is 0 Å². The Balaban J connectivity index is 1.61. The number of aromatic nitrogens is 2. The van der Waals surface area contributed by atoms with Crippen molar-refractivity contribution in [1.82, 2.24) is 14.9 Å². The monoisotopic (exact) mass is 466 g/mol. The van der Waals surface area contributed by atoms with E-state index in [1.54, 1.807) is 19.2 Å². The molecule has 0 saturated carbocycles. The van der Waals surface area contributed by atoms with Gasteiger partial charge in [-0.1, -0.05) is 23.2 Å². The Morgan fingerprint density at radius 2 is 2.10 bits per heavy atom. The van der Waals surface area contributed by atoms with Crippen LogP contribution in [0.1, 0.15) is 0 Å². The minimum atomic E-state index is -0.662. The summed E-state index contributed by atoms with van der Waals surface area (Å²) < 4.78 is 31.7. The van der Waals surface area contributed by atoms with E-state index in [0.717, 1.165) is 13.1 Å². The number of hydrogen-bond acceptors (Lipinski definition) is 7. The van der Waals surface area contributed by atoms with Gasteiger partial charge in [-0.25, -0.2) is 14.4 Å². The molecular weight excluding hydrogens is 446 g/mol. The molecule has 31 heavy (non-hydrogen) atoms. The van der Waals surface area contributed by atoms with Crippen LogP contribution >= 0.6 is 23.2 Å². The number of likely N-dealkylation sites (N-methyl/N-ethyl adjacent to an activating group) is 1. The van der Waals surface area contributed by atoms with Gasteiger partial charge in [-0.15, -0.1) is 0 Å². The normalized spacial score (nSPS) is 17.0. The highest BCUT2D eigenvalue weighted by Gasteiger charge is 2.20. The smallest absolute Gasteiger partial charge is 0.166 e. The zero-order valence-corrected chi connectivity index (χ0v) is 18.5. The van der Waals surface area contributed by atoms with Gasteiger partial charge in [0, 0.05) is 24.5 Å². The predicted molar refractivity (Wildman–Crippen MR) is 119 cm³/mol. The molecule has 4 rings (SSSR count). The minimum Gasteiger partial charge on any atom is -0.493 e. The van der Waals surface area contributed by atoms with E-state index in [2.05, 4.69) is 20.2 Å². The summed E-state index contributed by atoms with van der Waals surface area (Å²) >= 11 is 11.8. The van der Waals surface area contributed by atoms with E-state index < -0.39 is 5.82 Å². The number of nitrogens with one attached hydrogen (secondary N) is 1. The SMILES string of the molecule is COc1cc2c(Nc3ccc(Cl)c(Cl)c3F)ncnc2cc1OCC1CN(C)CCO1. The lowest BCUT2D eigenvalue weighted by atomic mass is 10.2. The molecule has 1 atom stereocenters. The number of anilines is 2. The number of halogens is 3. The molecule has 1 aliphatic heterocycles. The first kappa shape index (κ1) is 21.8. The Bertz CT molecular complexity index is 1100. The Hall–Kier alpha value is -2.39. The summed E-state index contributed by atoms with van der Waals surface area (Å²) in [5, 5.41) is 3.56. The van der Waals surface area contributed by atoms with Crippen LogP contribution in [-0.4, -0.2) is 61.4 Å². The van der Waals surface area contributed by atoms with Gasteiger partial charge in [0.15, 0.2) is 17.3 Å². The summed E-state index contributed by atoms with van der Waals surface area (Å²) in [4.78, 5) is 10.8. The van der Waals surface area contributed by atoms with Crippen LogP contribution in [-0.2, 0) is 4.74 Å². The van der Waals surface area contributed by atoms with E-state index in [4.69, 9.17) is 37.4 Å². The van der Waals surface area contributed by atoms with Gasteiger partial charge in [0.1, 0.15) is 24.9 Å². The average molecular weight is 467 g/mol. The molecule has 2 aromatic carbocycles. The Labute approximate surface area is 189 Å². The van der Waals surface area contributed by atoms with Crippen molar-refractivity contribution in [2.45, 2.75) is 6.10 Å². The molecule has 10 heteroatoms. The molecule has 7 nitrogen and oxygen atoms in total. The number of ether oxygens (including phenoxy) is 3. The van der Waals surface area contributed by atoms with Crippen LogP contribution in [0.3, 0.4) is 0 Å². The first-order valence-electron chi connectivity index (χ1n) is 9.62. The van der Waals surface area contributed by atoms with E-state index in [1.807, 2.05) is 7.05 Å². The van der Waals surface area contributed by atoms with E-state index in [-0.39, 0.29) is 21.8 Å². The standard InChI is InChI=1S/C21H21Cl2FN4O3/c1-28-5-6-30-12(9-28)10-31-18-8-16-13(7-17(18)29-2)21(26-11-25-16)27-15-4-3-14(22)19(23)20(15)24/h3-4,7-8,11-12H,5-6,9-10H2,1-2H3,(H,25,26,27). The van der Waals surface area contributed by atoms with Crippen LogP contribution in [0.15, 0.2) is 30.6 Å². The number of benzene rings is 2. The van der Waals surface area contributed by atoms with Gasteiger partial charge in [0.25, 0.3) is 0 Å². The lowest BCUT2D eigenvalue weighted by molar-refractivity contribution is -0.0406. The number of fused-ring (bicyclic) bond motifs is 1. The third kappa shape index (κ3) is 4.77. The second-order valence-corrected chi connectivity index (χ2v) is 7.94. The van der Waals surface area contributed by atoms with Gasteiger partial charge in [-0.3, -0.25) is 0 Å². The quantitative estimate of drug-likeness (QED) is 0.534. The van der Waals surface area contributed by atoms with Crippen molar-refractivity contribution >= 4 is 45.6 Å². The van der Waals surface area contributed by atoms with Crippen molar-refractivity contribution in [3.05, 3.63) is 46.5 Å². The van der Waals surface area contributed by atoms with Crippen molar-refractivity contribution in [1.29, 1.82) is 0 Å². The lowest BCUT2D eigenvalue weighted by Crippen LogP contribution is -2.42. The van der Waals surface area contributed by atoms with Gasteiger partial charge in [0.05, 0.1) is 35.0 Å². The topological polar surface area (TPSA) is 68.7 Å². The highest BCUT2D eigenvalue weighted by Crippen LogP contribution is 2.36. The largest absolute Gasteiger partial charge is 0.493 e. The van der Waals surface area contributed by atoms with E-state index in [0.29, 0.717) is 41.4 Å². The molecule has 164 valence electrons. The Kier molecular flexibility index (Phi) is 6.62. The fraction of sp³-hybridized carbons (Fsp3) is 0.333. The number of methoxy groups -OCH3 is 1. The van der Waals surface area contributed by atoms with E-state index in [9.17, 15) is 4.39 Å².